The van der Waals surface area contributed by atoms with E-state index in [1.807, 2.05) is 0 Å². The van der Waals surface area contributed by atoms with Gasteiger partial charge in [-0.2, -0.15) is 0 Å². The number of hydrogen-bond donors (Lipinski definition) is 2. The second kappa shape index (κ2) is 5.59. The first-order chi connectivity index (χ1) is 10.5. The summed E-state index contributed by atoms with van der Waals surface area (Å²) in [4.78, 5) is 22.7. The fourth-order valence-corrected chi connectivity index (χ4v) is 2.33. The molecule has 1 amide bonds. The van der Waals surface area contributed by atoms with E-state index in [1.54, 1.807) is 0 Å². The van der Waals surface area contributed by atoms with Gasteiger partial charge in [0.25, 0.3) is 5.91 Å². The van der Waals surface area contributed by atoms with E-state index >= 15 is 0 Å². The van der Waals surface area contributed by atoms with Crippen molar-refractivity contribution in [3.8, 4) is 11.3 Å². The van der Waals surface area contributed by atoms with Gasteiger partial charge in [0.1, 0.15) is 11.5 Å². The van der Waals surface area contributed by atoms with Crippen LogP contribution in [0.3, 0.4) is 0 Å². The summed E-state index contributed by atoms with van der Waals surface area (Å²) in [5.74, 6) is -1.99. The number of carboxylic acid groups (broad SMARTS) is 1. The van der Waals surface area contributed by atoms with Crippen LogP contribution in [0.25, 0.3) is 11.3 Å². The van der Waals surface area contributed by atoms with Crippen molar-refractivity contribution in [2.45, 2.75) is 18.9 Å². The molecule has 0 saturated heterocycles. The summed E-state index contributed by atoms with van der Waals surface area (Å²) in [6.45, 7) is 0. The lowest BCUT2D eigenvalue weighted by atomic mass is 9.80. The van der Waals surface area contributed by atoms with Gasteiger partial charge >= 0.3 is 5.97 Å². The first-order valence-electron chi connectivity index (χ1n) is 6.79. The van der Waals surface area contributed by atoms with Gasteiger partial charge in [-0.1, -0.05) is 5.16 Å². The Hall–Kier alpha value is -2.70. The van der Waals surface area contributed by atoms with Crippen molar-refractivity contribution in [2.75, 3.05) is 0 Å². The molecule has 1 aromatic heterocycles. The van der Waals surface area contributed by atoms with Crippen molar-refractivity contribution in [1.29, 1.82) is 0 Å². The van der Waals surface area contributed by atoms with E-state index in [9.17, 15) is 14.0 Å². The third-order valence-electron chi connectivity index (χ3n) is 3.70. The number of hydrogen-bond acceptors (Lipinski definition) is 4. The fraction of sp³-hybridized carbons (Fsp3) is 0.267. The summed E-state index contributed by atoms with van der Waals surface area (Å²) in [5, 5.41) is 15.3. The highest BCUT2D eigenvalue weighted by molar-refractivity contribution is 5.92. The minimum atomic E-state index is -0.844. The first-order valence-corrected chi connectivity index (χ1v) is 6.79. The molecule has 114 valence electrons. The molecule has 2 N–H and O–H groups in total. The molecule has 0 unspecified atom stereocenters. The van der Waals surface area contributed by atoms with Gasteiger partial charge in [0.05, 0.1) is 5.92 Å². The minimum Gasteiger partial charge on any atom is -0.481 e. The van der Waals surface area contributed by atoms with Crippen LogP contribution >= 0.6 is 0 Å². The molecule has 7 heteroatoms. The van der Waals surface area contributed by atoms with Crippen molar-refractivity contribution in [2.24, 2.45) is 5.92 Å². The normalized spacial score (nSPS) is 20.2. The highest BCUT2D eigenvalue weighted by Gasteiger charge is 2.35. The van der Waals surface area contributed by atoms with Gasteiger partial charge in [-0.15, -0.1) is 0 Å². The third kappa shape index (κ3) is 2.83. The van der Waals surface area contributed by atoms with Gasteiger partial charge in [-0.05, 0) is 37.1 Å². The number of halogens is 1. The van der Waals surface area contributed by atoms with Gasteiger partial charge in [0.2, 0.25) is 5.76 Å². The number of nitrogens with one attached hydrogen (secondary N) is 1. The number of nitrogens with zero attached hydrogens (tertiary/aromatic N) is 1. The molecule has 0 aliphatic heterocycles. The molecule has 0 spiro atoms. The Morgan fingerprint density at radius 2 is 1.95 bits per heavy atom. The van der Waals surface area contributed by atoms with E-state index in [1.165, 1.54) is 30.3 Å². The number of aliphatic carboxylic acids is 1. The monoisotopic (exact) mass is 304 g/mol. The Bertz CT molecular complexity index is 705. The highest BCUT2D eigenvalue weighted by atomic mass is 19.1. The van der Waals surface area contributed by atoms with Crippen LogP contribution in [-0.4, -0.2) is 28.2 Å². The number of carbonyl (C=O) groups is 2. The van der Waals surface area contributed by atoms with Gasteiger partial charge in [0, 0.05) is 17.7 Å². The zero-order chi connectivity index (χ0) is 15.7. The van der Waals surface area contributed by atoms with E-state index in [-0.39, 0.29) is 17.6 Å². The Morgan fingerprint density at radius 3 is 2.59 bits per heavy atom. The molecule has 2 aromatic rings. The zero-order valence-electron chi connectivity index (χ0n) is 11.5. The molecular formula is C15H13FN2O4. The third-order valence-corrected chi connectivity index (χ3v) is 3.70. The molecule has 1 aliphatic rings. The maximum absolute atomic E-state index is 12.9. The van der Waals surface area contributed by atoms with Crippen molar-refractivity contribution in [3.05, 3.63) is 41.9 Å². The molecule has 1 heterocycles. The number of rotatable bonds is 4. The summed E-state index contributed by atoms with van der Waals surface area (Å²) in [7, 11) is 0. The van der Waals surface area contributed by atoms with E-state index < -0.39 is 17.8 Å². The molecule has 1 fully saturated rings. The summed E-state index contributed by atoms with van der Waals surface area (Å²) < 4.78 is 17.8. The largest absolute Gasteiger partial charge is 0.481 e. The maximum Gasteiger partial charge on any atom is 0.306 e. The number of amides is 1. The number of carbonyl (C=O) groups excluding carboxylic acids is 1. The quantitative estimate of drug-likeness (QED) is 0.902. The number of carboxylic acids is 1. The summed E-state index contributed by atoms with van der Waals surface area (Å²) in [6.07, 6.45) is 0.833. The van der Waals surface area contributed by atoms with Gasteiger partial charge in [-0.3, -0.25) is 9.59 Å². The Labute approximate surface area is 124 Å². The van der Waals surface area contributed by atoms with Crippen LogP contribution in [0, 0.1) is 11.7 Å². The summed E-state index contributed by atoms with van der Waals surface area (Å²) in [6, 6.07) is 6.98. The van der Waals surface area contributed by atoms with E-state index in [4.69, 9.17) is 9.63 Å². The minimum absolute atomic E-state index is 0.0399. The molecule has 1 aliphatic carbocycles. The molecule has 22 heavy (non-hydrogen) atoms. The van der Waals surface area contributed by atoms with Crippen LogP contribution in [0.4, 0.5) is 4.39 Å². The molecule has 0 bridgehead atoms. The van der Waals surface area contributed by atoms with Crippen molar-refractivity contribution in [3.63, 3.8) is 0 Å². The molecule has 6 nitrogen and oxygen atoms in total. The molecule has 3 rings (SSSR count). The van der Waals surface area contributed by atoms with E-state index in [2.05, 4.69) is 10.5 Å². The summed E-state index contributed by atoms with van der Waals surface area (Å²) in [5.41, 5.74) is 1.07. The van der Waals surface area contributed by atoms with E-state index in [0.29, 0.717) is 24.1 Å². The molecule has 0 radical (unpaired) electrons. The predicted octanol–water partition coefficient (Wildman–Crippen LogP) is 2.07. The second-order valence-electron chi connectivity index (χ2n) is 5.26. The van der Waals surface area contributed by atoms with Crippen molar-refractivity contribution in [1.82, 2.24) is 10.5 Å². The Morgan fingerprint density at radius 1 is 1.27 bits per heavy atom. The predicted molar refractivity (Wildman–Crippen MR) is 73.5 cm³/mol. The maximum atomic E-state index is 12.9. The topological polar surface area (TPSA) is 92.4 Å². The van der Waals surface area contributed by atoms with Crippen LogP contribution < -0.4 is 5.32 Å². The first kappa shape index (κ1) is 14.2. The number of benzene rings is 1. The lowest BCUT2D eigenvalue weighted by molar-refractivity contribution is -0.145. The van der Waals surface area contributed by atoms with Crippen LogP contribution in [0.15, 0.2) is 34.9 Å². The molecular weight excluding hydrogens is 291 g/mol. The van der Waals surface area contributed by atoms with E-state index in [0.717, 1.165) is 0 Å². The molecule has 1 aromatic carbocycles. The van der Waals surface area contributed by atoms with Crippen molar-refractivity contribution < 1.29 is 23.6 Å². The fourth-order valence-electron chi connectivity index (χ4n) is 2.33. The summed E-state index contributed by atoms with van der Waals surface area (Å²) >= 11 is 0. The molecule has 1 saturated carbocycles. The van der Waals surface area contributed by atoms with Gasteiger partial charge < -0.3 is 14.9 Å². The lowest BCUT2D eigenvalue weighted by Crippen LogP contribution is -2.46. The number of aromatic nitrogens is 1. The SMILES string of the molecule is O=C(N[C@H]1C[C@H](C(=O)O)C1)c1cc(-c2ccc(F)cc2)no1. The van der Waals surface area contributed by atoms with Gasteiger partial charge in [-0.25, -0.2) is 4.39 Å². The lowest BCUT2D eigenvalue weighted by Gasteiger charge is -2.32. The van der Waals surface area contributed by atoms with Crippen LogP contribution in [-0.2, 0) is 4.79 Å². The van der Waals surface area contributed by atoms with Crippen LogP contribution in [0.1, 0.15) is 23.4 Å². The average Bonchev–Trinajstić information content (AvgIpc) is 2.92. The smallest absolute Gasteiger partial charge is 0.306 e. The average molecular weight is 304 g/mol. The second-order valence-corrected chi connectivity index (χ2v) is 5.26. The molecule has 0 atom stereocenters. The Kier molecular flexibility index (Phi) is 3.62. The highest BCUT2D eigenvalue weighted by Crippen LogP contribution is 2.28. The zero-order valence-corrected chi connectivity index (χ0v) is 11.5. The standard InChI is InChI=1S/C15H13FN2O4/c16-10-3-1-8(2-4-10)12-7-13(22-18-12)14(19)17-11-5-9(6-11)15(20)21/h1-4,7,9,11H,5-6H2,(H,17,19)(H,20,21)/t9-,11-. The van der Waals surface area contributed by atoms with Crippen molar-refractivity contribution >= 4 is 11.9 Å². The Balaban J connectivity index is 1.63. The van der Waals surface area contributed by atoms with Gasteiger partial charge in [0.15, 0.2) is 0 Å². The van der Waals surface area contributed by atoms with Crippen LogP contribution in [0.2, 0.25) is 0 Å². The van der Waals surface area contributed by atoms with Crippen LogP contribution in [0.5, 0.6) is 0 Å².